The number of aliphatic hydroxyl groups is 1. The van der Waals surface area contributed by atoms with Crippen LogP contribution in [-0.4, -0.2) is 17.4 Å². The van der Waals surface area contributed by atoms with Crippen molar-refractivity contribution >= 4 is 0 Å². The predicted octanol–water partition coefficient (Wildman–Crippen LogP) is 5.20. The van der Waals surface area contributed by atoms with E-state index in [4.69, 9.17) is 19.9 Å². The van der Waals surface area contributed by atoms with Crippen LogP contribution in [0, 0.1) is 5.92 Å². The van der Waals surface area contributed by atoms with Crippen LogP contribution in [0.4, 0.5) is 0 Å². The highest BCUT2D eigenvalue weighted by atomic mass is 16.5. The van der Waals surface area contributed by atoms with Gasteiger partial charge < -0.3 is 25.1 Å². The van der Waals surface area contributed by atoms with Gasteiger partial charge in [-0.25, -0.2) is 0 Å². The van der Waals surface area contributed by atoms with E-state index in [0.717, 1.165) is 42.4 Å². The molecule has 1 aliphatic carbocycles. The molecule has 5 nitrogen and oxygen atoms in total. The number of benzene rings is 3. The molecule has 0 spiro atoms. The molecule has 0 aliphatic heterocycles. The summed E-state index contributed by atoms with van der Waals surface area (Å²) < 4.78 is 18.4. The second-order valence-electron chi connectivity index (χ2n) is 8.58. The van der Waals surface area contributed by atoms with Gasteiger partial charge in [0.1, 0.15) is 19.4 Å². The molecule has 1 saturated carbocycles. The van der Waals surface area contributed by atoms with E-state index in [9.17, 15) is 5.11 Å². The molecule has 0 bridgehead atoms. The topological polar surface area (TPSA) is 73.9 Å². The molecule has 3 unspecified atom stereocenters. The minimum atomic E-state index is -0.517. The van der Waals surface area contributed by atoms with Crippen LogP contribution in [0.25, 0.3) is 0 Å². The summed E-state index contributed by atoms with van der Waals surface area (Å²) in [5.74, 6) is 1.29. The van der Waals surface area contributed by atoms with Gasteiger partial charge >= 0.3 is 0 Å². The van der Waals surface area contributed by atoms with Gasteiger partial charge in [-0.05, 0) is 30.0 Å². The Morgan fingerprint density at radius 2 is 1.39 bits per heavy atom. The van der Waals surface area contributed by atoms with Crippen molar-refractivity contribution in [3.8, 4) is 11.5 Å². The number of ether oxygens (including phenoxy) is 3. The molecular weight excluding hydrogens is 414 g/mol. The van der Waals surface area contributed by atoms with E-state index in [2.05, 4.69) is 0 Å². The molecule has 3 N–H and O–H groups in total. The van der Waals surface area contributed by atoms with Crippen LogP contribution in [0.2, 0.25) is 0 Å². The summed E-state index contributed by atoms with van der Waals surface area (Å²) in [6.45, 7) is 1.16. The summed E-state index contributed by atoms with van der Waals surface area (Å²) in [5.41, 5.74) is 9.35. The van der Waals surface area contributed by atoms with Crippen molar-refractivity contribution in [1.29, 1.82) is 0 Å². The Kier molecular flexibility index (Phi) is 8.36. The number of rotatable bonds is 10. The molecule has 3 aromatic rings. The van der Waals surface area contributed by atoms with E-state index in [-0.39, 0.29) is 12.5 Å². The number of para-hydroxylation sites is 1. The smallest absolute Gasteiger partial charge is 0.167 e. The summed E-state index contributed by atoms with van der Waals surface area (Å²) in [4.78, 5) is 0. The number of nitrogens with two attached hydrogens (primary N) is 1. The van der Waals surface area contributed by atoms with E-state index in [1.807, 2.05) is 78.9 Å². The van der Waals surface area contributed by atoms with Crippen LogP contribution in [0.5, 0.6) is 11.5 Å². The third-order valence-corrected chi connectivity index (χ3v) is 6.16. The lowest BCUT2D eigenvalue weighted by atomic mass is 9.85. The van der Waals surface area contributed by atoms with E-state index in [0.29, 0.717) is 24.7 Å². The van der Waals surface area contributed by atoms with E-state index in [1.165, 1.54) is 0 Å². The fourth-order valence-corrected chi connectivity index (χ4v) is 4.25. The van der Waals surface area contributed by atoms with Crippen LogP contribution in [0.3, 0.4) is 0 Å². The summed E-state index contributed by atoms with van der Waals surface area (Å²) in [6.07, 6.45) is 2.88. The molecule has 3 atom stereocenters. The molecule has 0 radical (unpaired) electrons. The van der Waals surface area contributed by atoms with E-state index >= 15 is 0 Å². The highest BCUT2D eigenvalue weighted by molar-refractivity contribution is 5.46. The van der Waals surface area contributed by atoms with E-state index in [1.54, 1.807) is 0 Å². The van der Waals surface area contributed by atoms with Gasteiger partial charge in [-0.1, -0.05) is 85.6 Å². The van der Waals surface area contributed by atoms with Gasteiger partial charge in [-0.2, -0.15) is 0 Å². The molecule has 0 amide bonds. The SMILES string of the molecule is NC(OCc1cccc(OCc2ccccc2)c1OCc1ccccc1)C1CCCCC1O. The highest BCUT2D eigenvalue weighted by Crippen LogP contribution is 2.34. The second kappa shape index (κ2) is 11.8. The fraction of sp³-hybridized carbons (Fsp3) is 0.357. The maximum absolute atomic E-state index is 10.3. The molecule has 0 saturated heterocycles. The van der Waals surface area contributed by atoms with Crippen LogP contribution < -0.4 is 15.2 Å². The van der Waals surface area contributed by atoms with Gasteiger partial charge in [0, 0.05) is 11.5 Å². The lowest BCUT2D eigenvalue weighted by molar-refractivity contribution is -0.0573. The van der Waals surface area contributed by atoms with Gasteiger partial charge in [0.25, 0.3) is 0 Å². The molecule has 3 aromatic carbocycles. The molecule has 174 valence electrons. The molecular formula is C28H33NO4. The minimum Gasteiger partial charge on any atom is -0.485 e. The quantitative estimate of drug-likeness (QED) is 0.418. The average molecular weight is 448 g/mol. The van der Waals surface area contributed by atoms with Crippen LogP contribution in [0.1, 0.15) is 42.4 Å². The summed E-state index contributed by atoms with van der Waals surface area (Å²) >= 11 is 0. The second-order valence-corrected chi connectivity index (χ2v) is 8.58. The first kappa shape index (κ1) is 23.3. The first-order chi connectivity index (χ1) is 16.2. The fourth-order valence-electron chi connectivity index (χ4n) is 4.25. The Morgan fingerprint density at radius 1 is 0.758 bits per heavy atom. The molecule has 33 heavy (non-hydrogen) atoms. The van der Waals surface area contributed by atoms with Gasteiger partial charge in [0.15, 0.2) is 11.5 Å². The largest absolute Gasteiger partial charge is 0.485 e. The Balaban J connectivity index is 1.48. The zero-order chi connectivity index (χ0) is 22.9. The van der Waals surface area contributed by atoms with E-state index < -0.39 is 12.3 Å². The van der Waals surface area contributed by atoms with Crippen molar-refractivity contribution in [2.75, 3.05) is 0 Å². The predicted molar refractivity (Wildman–Crippen MR) is 129 cm³/mol. The minimum absolute atomic E-state index is 0.0371. The molecule has 5 heteroatoms. The van der Waals surface area contributed by atoms with Gasteiger partial charge in [0.05, 0.1) is 12.7 Å². The Morgan fingerprint density at radius 3 is 2.06 bits per heavy atom. The van der Waals surface area contributed by atoms with Crippen molar-refractivity contribution < 1.29 is 19.3 Å². The zero-order valence-electron chi connectivity index (χ0n) is 18.9. The lowest BCUT2D eigenvalue weighted by Crippen LogP contribution is -2.41. The summed E-state index contributed by atoms with van der Waals surface area (Å²) in [6, 6.07) is 25.9. The molecule has 1 aliphatic rings. The normalized spacial score (nSPS) is 19.1. The summed E-state index contributed by atoms with van der Waals surface area (Å²) in [5, 5.41) is 10.3. The van der Waals surface area contributed by atoms with Crippen molar-refractivity contribution in [2.45, 2.75) is 57.8 Å². The van der Waals surface area contributed by atoms with Crippen molar-refractivity contribution in [3.05, 3.63) is 95.6 Å². The monoisotopic (exact) mass is 447 g/mol. The van der Waals surface area contributed by atoms with Crippen LogP contribution in [0.15, 0.2) is 78.9 Å². The average Bonchev–Trinajstić information content (AvgIpc) is 2.86. The Hall–Kier alpha value is -2.86. The van der Waals surface area contributed by atoms with Gasteiger partial charge in [-0.15, -0.1) is 0 Å². The number of hydrogen-bond acceptors (Lipinski definition) is 5. The van der Waals surface area contributed by atoms with Crippen molar-refractivity contribution in [1.82, 2.24) is 0 Å². The lowest BCUT2D eigenvalue weighted by Gasteiger charge is -2.32. The van der Waals surface area contributed by atoms with Gasteiger partial charge in [0.2, 0.25) is 0 Å². The highest BCUT2D eigenvalue weighted by Gasteiger charge is 2.29. The zero-order valence-corrected chi connectivity index (χ0v) is 18.9. The Bertz CT molecular complexity index is 980. The molecule has 0 aromatic heterocycles. The van der Waals surface area contributed by atoms with Crippen molar-refractivity contribution in [2.24, 2.45) is 11.7 Å². The molecule has 4 rings (SSSR count). The summed E-state index contributed by atoms with van der Waals surface area (Å²) in [7, 11) is 0. The van der Waals surface area contributed by atoms with Gasteiger partial charge in [-0.3, -0.25) is 0 Å². The Labute approximate surface area is 196 Å². The first-order valence-electron chi connectivity index (χ1n) is 11.7. The van der Waals surface area contributed by atoms with Crippen molar-refractivity contribution in [3.63, 3.8) is 0 Å². The molecule has 0 heterocycles. The molecule has 1 fully saturated rings. The first-order valence-corrected chi connectivity index (χ1v) is 11.7. The van der Waals surface area contributed by atoms with Crippen LogP contribution >= 0.6 is 0 Å². The third kappa shape index (κ3) is 6.57. The maximum Gasteiger partial charge on any atom is 0.167 e. The maximum atomic E-state index is 10.3. The van der Waals surface area contributed by atoms with Crippen LogP contribution in [-0.2, 0) is 24.6 Å². The third-order valence-electron chi connectivity index (χ3n) is 6.16. The standard InChI is InChI=1S/C28H33NO4/c29-28(24-15-7-8-16-25(24)30)33-20-23-14-9-17-26(31-18-21-10-3-1-4-11-21)27(23)32-19-22-12-5-2-6-13-22/h1-6,9-14,17,24-25,28,30H,7-8,15-16,18-20,29H2. The number of hydrogen-bond donors (Lipinski definition) is 2. The number of aliphatic hydroxyl groups excluding tert-OH is 1.